The van der Waals surface area contributed by atoms with E-state index in [4.69, 9.17) is 4.74 Å². The minimum absolute atomic E-state index is 0.451. The summed E-state index contributed by atoms with van der Waals surface area (Å²) >= 11 is 0. The molecular weight excluding hydrogens is 246 g/mol. The highest BCUT2D eigenvalue weighted by molar-refractivity contribution is 5.40. The average molecular weight is 267 g/mol. The van der Waals surface area contributed by atoms with E-state index in [2.05, 4.69) is 23.5 Å². The Morgan fingerprint density at radius 3 is 2.65 bits per heavy atom. The van der Waals surface area contributed by atoms with Crippen LogP contribution in [0.25, 0.3) is 0 Å². The normalized spacial score (nSPS) is 18.1. The van der Waals surface area contributed by atoms with Crippen molar-refractivity contribution in [3.8, 4) is 11.5 Å². The van der Waals surface area contributed by atoms with E-state index in [1.54, 1.807) is 0 Å². The number of fused-ring (bicyclic) bond motifs is 1. The number of hydrogen-bond donors (Lipinski definition) is 1. The summed E-state index contributed by atoms with van der Waals surface area (Å²) in [6.07, 6.45) is 4.95. The summed E-state index contributed by atoms with van der Waals surface area (Å²) in [5.74, 6) is 1.82. The maximum absolute atomic E-state index is 5.95. The van der Waals surface area contributed by atoms with Crippen LogP contribution >= 0.6 is 0 Å². The molecule has 2 heteroatoms. The lowest BCUT2D eigenvalue weighted by molar-refractivity contribution is 0.478. The molecule has 0 radical (unpaired) electrons. The Morgan fingerprint density at radius 2 is 1.85 bits per heavy atom. The molecule has 0 spiro atoms. The van der Waals surface area contributed by atoms with Crippen LogP contribution in [0.3, 0.4) is 0 Å². The first-order valence-electron chi connectivity index (χ1n) is 7.40. The van der Waals surface area contributed by atoms with Gasteiger partial charge in [0.15, 0.2) is 0 Å². The lowest BCUT2D eigenvalue weighted by atomic mass is 9.99. The third-order valence-electron chi connectivity index (χ3n) is 4.01. The van der Waals surface area contributed by atoms with Crippen molar-refractivity contribution < 1.29 is 4.74 Å². The van der Waals surface area contributed by atoms with Gasteiger partial charge in [0, 0.05) is 6.04 Å². The van der Waals surface area contributed by atoms with Gasteiger partial charge in [-0.25, -0.2) is 0 Å². The maximum Gasteiger partial charge on any atom is 0.127 e. The highest BCUT2D eigenvalue weighted by Crippen LogP contribution is 2.32. The van der Waals surface area contributed by atoms with Crippen molar-refractivity contribution >= 4 is 0 Å². The van der Waals surface area contributed by atoms with E-state index in [1.165, 1.54) is 36.8 Å². The van der Waals surface area contributed by atoms with Crippen molar-refractivity contribution in [1.29, 1.82) is 0 Å². The van der Waals surface area contributed by atoms with Crippen LogP contribution in [0.1, 0.15) is 36.4 Å². The van der Waals surface area contributed by atoms with Crippen LogP contribution in [0.5, 0.6) is 11.5 Å². The molecule has 0 amide bonds. The molecule has 3 rings (SSSR count). The third-order valence-corrected chi connectivity index (χ3v) is 4.01. The number of hydrogen-bond acceptors (Lipinski definition) is 2. The summed E-state index contributed by atoms with van der Waals surface area (Å²) < 4.78 is 5.95. The molecule has 104 valence electrons. The second-order valence-electron chi connectivity index (χ2n) is 5.36. The minimum Gasteiger partial charge on any atom is -0.457 e. The van der Waals surface area contributed by atoms with Gasteiger partial charge in [-0.05, 0) is 61.7 Å². The molecular formula is C18H21NO. The van der Waals surface area contributed by atoms with Gasteiger partial charge < -0.3 is 10.1 Å². The smallest absolute Gasteiger partial charge is 0.127 e. The van der Waals surface area contributed by atoms with Crippen molar-refractivity contribution in [2.45, 2.75) is 31.7 Å². The molecule has 1 aliphatic carbocycles. The van der Waals surface area contributed by atoms with E-state index in [0.717, 1.165) is 11.5 Å². The van der Waals surface area contributed by atoms with E-state index in [1.807, 2.05) is 37.4 Å². The zero-order valence-electron chi connectivity index (χ0n) is 11.9. The Hall–Kier alpha value is -1.80. The van der Waals surface area contributed by atoms with E-state index in [9.17, 15) is 0 Å². The topological polar surface area (TPSA) is 21.3 Å². The van der Waals surface area contributed by atoms with Gasteiger partial charge >= 0.3 is 0 Å². The number of aryl methyl sites for hydroxylation is 1. The molecule has 0 saturated heterocycles. The Bertz CT molecular complexity index is 565. The number of rotatable bonds is 3. The predicted octanol–water partition coefficient (Wildman–Crippen LogP) is 4.47. The van der Waals surface area contributed by atoms with Gasteiger partial charge in [-0.2, -0.15) is 0 Å². The van der Waals surface area contributed by atoms with Crippen LogP contribution in [0.15, 0.2) is 48.5 Å². The second-order valence-corrected chi connectivity index (χ2v) is 5.36. The van der Waals surface area contributed by atoms with Crippen molar-refractivity contribution in [3.05, 3.63) is 59.7 Å². The largest absolute Gasteiger partial charge is 0.457 e. The highest BCUT2D eigenvalue weighted by atomic mass is 16.5. The maximum atomic E-state index is 5.95. The molecule has 2 nitrogen and oxygen atoms in total. The molecule has 1 N–H and O–H groups in total. The Kier molecular flexibility index (Phi) is 4.03. The zero-order chi connectivity index (χ0) is 13.8. The summed E-state index contributed by atoms with van der Waals surface area (Å²) in [5, 5.41) is 3.44. The van der Waals surface area contributed by atoms with Crippen molar-refractivity contribution in [3.63, 3.8) is 0 Å². The van der Waals surface area contributed by atoms with Gasteiger partial charge in [-0.1, -0.05) is 30.7 Å². The third kappa shape index (κ3) is 2.86. The van der Waals surface area contributed by atoms with Crippen molar-refractivity contribution in [2.75, 3.05) is 7.05 Å². The molecule has 0 fully saturated rings. The summed E-state index contributed by atoms with van der Waals surface area (Å²) in [6.45, 7) is 0. The first-order chi connectivity index (χ1) is 9.86. The first-order valence-corrected chi connectivity index (χ1v) is 7.40. The lowest BCUT2D eigenvalue weighted by Crippen LogP contribution is -2.16. The monoisotopic (exact) mass is 267 g/mol. The molecule has 0 aromatic heterocycles. The molecule has 0 saturated carbocycles. The Morgan fingerprint density at radius 1 is 1.00 bits per heavy atom. The summed E-state index contributed by atoms with van der Waals surface area (Å²) in [6, 6.07) is 16.9. The van der Waals surface area contributed by atoms with Crippen LogP contribution in [0.2, 0.25) is 0 Å². The van der Waals surface area contributed by atoms with Gasteiger partial charge in [0.25, 0.3) is 0 Å². The summed E-state index contributed by atoms with van der Waals surface area (Å²) in [5.41, 5.74) is 2.86. The molecule has 2 aromatic rings. The van der Waals surface area contributed by atoms with Gasteiger partial charge in [0.05, 0.1) is 0 Å². The average Bonchev–Trinajstić information content (AvgIpc) is 2.70. The lowest BCUT2D eigenvalue weighted by Gasteiger charge is -2.18. The molecule has 20 heavy (non-hydrogen) atoms. The molecule has 0 bridgehead atoms. The number of ether oxygens (including phenoxy) is 1. The number of benzene rings is 2. The van der Waals surface area contributed by atoms with E-state index in [-0.39, 0.29) is 0 Å². The van der Waals surface area contributed by atoms with Crippen LogP contribution in [0.4, 0.5) is 0 Å². The minimum atomic E-state index is 0.451. The van der Waals surface area contributed by atoms with Gasteiger partial charge in [-0.15, -0.1) is 0 Å². The van der Waals surface area contributed by atoms with Crippen LogP contribution in [-0.4, -0.2) is 7.05 Å². The number of nitrogens with one attached hydrogen (secondary N) is 1. The number of para-hydroxylation sites is 1. The van der Waals surface area contributed by atoms with Crippen molar-refractivity contribution in [2.24, 2.45) is 0 Å². The SMILES string of the molecule is CNC1CCCCc2ccc(Oc3ccccc3)cc21. The molecule has 1 unspecified atom stereocenters. The Balaban J connectivity index is 1.89. The quantitative estimate of drug-likeness (QED) is 0.829. The Labute approximate surface area is 120 Å². The standard InChI is InChI=1S/C18H21NO/c1-19-18-10-6-5-7-14-11-12-16(13-17(14)18)20-15-8-3-2-4-9-15/h2-4,8-9,11-13,18-19H,5-7,10H2,1H3. The fraction of sp³-hybridized carbons (Fsp3) is 0.333. The van der Waals surface area contributed by atoms with Gasteiger partial charge in [0.1, 0.15) is 11.5 Å². The highest BCUT2D eigenvalue weighted by Gasteiger charge is 2.17. The van der Waals surface area contributed by atoms with Crippen LogP contribution in [-0.2, 0) is 6.42 Å². The summed E-state index contributed by atoms with van der Waals surface area (Å²) in [7, 11) is 2.05. The molecule has 0 aliphatic heterocycles. The molecule has 0 heterocycles. The van der Waals surface area contributed by atoms with E-state index >= 15 is 0 Å². The fourth-order valence-corrected chi connectivity index (χ4v) is 2.93. The van der Waals surface area contributed by atoms with E-state index in [0.29, 0.717) is 6.04 Å². The second kappa shape index (κ2) is 6.10. The van der Waals surface area contributed by atoms with Crippen molar-refractivity contribution in [1.82, 2.24) is 5.32 Å². The van der Waals surface area contributed by atoms with E-state index < -0.39 is 0 Å². The first kappa shape index (κ1) is 13.2. The van der Waals surface area contributed by atoms with Gasteiger partial charge in [0.2, 0.25) is 0 Å². The zero-order valence-corrected chi connectivity index (χ0v) is 11.9. The van der Waals surface area contributed by atoms with Crippen LogP contribution < -0.4 is 10.1 Å². The fourth-order valence-electron chi connectivity index (χ4n) is 2.93. The molecule has 1 atom stereocenters. The predicted molar refractivity (Wildman–Crippen MR) is 82.3 cm³/mol. The van der Waals surface area contributed by atoms with Gasteiger partial charge in [-0.3, -0.25) is 0 Å². The van der Waals surface area contributed by atoms with Crippen LogP contribution in [0, 0.1) is 0 Å². The molecule has 2 aromatic carbocycles. The molecule has 1 aliphatic rings. The summed E-state index contributed by atoms with van der Waals surface area (Å²) in [4.78, 5) is 0.